The summed E-state index contributed by atoms with van der Waals surface area (Å²) < 4.78 is 25.3. The maximum Gasteiger partial charge on any atom is 0.330 e. The molecule has 28 heteroatoms. The summed E-state index contributed by atoms with van der Waals surface area (Å²) in [6.07, 6.45) is -9.16. The van der Waals surface area contributed by atoms with Gasteiger partial charge in [-0.3, -0.25) is 38.6 Å². The molecule has 0 aliphatic carbocycles. The van der Waals surface area contributed by atoms with Crippen LogP contribution >= 0.6 is 0 Å². The first kappa shape index (κ1) is 63.2. The number of methoxy groups -OCH3 is 1. The van der Waals surface area contributed by atoms with Gasteiger partial charge in [0.15, 0.2) is 18.5 Å². The molecule has 0 bridgehead atoms. The number of carbonyl (C=O) groups excluding carboxylic acids is 3. The number of H-pyrrole nitrogens is 1. The number of guanidine groups is 1. The number of nitrogens with two attached hydrogens (primary N) is 1. The number of aliphatic hydroxyl groups excluding tert-OH is 4. The highest BCUT2D eigenvalue weighted by Gasteiger charge is 2.55. The maximum absolute atomic E-state index is 14.1. The Balaban J connectivity index is 1.63. The van der Waals surface area contributed by atoms with E-state index in [0.717, 1.165) is 42.5 Å². The molecular formula is C48H83N11O17. The van der Waals surface area contributed by atoms with Crippen LogP contribution in [0.1, 0.15) is 99.1 Å². The average molecular weight is 1090 g/mol. The Kier molecular flexibility index (Phi) is 25.5. The number of aliphatic hydroxyl groups is 4. The summed E-state index contributed by atoms with van der Waals surface area (Å²) in [5.74, 6) is -5.69. The molecule has 0 saturated carbocycles. The molecule has 15 N–H and O–H groups in total. The molecule has 0 spiro atoms. The molecule has 432 valence electrons. The lowest BCUT2D eigenvalue weighted by molar-refractivity contribution is -0.238. The fourth-order valence-corrected chi connectivity index (χ4v) is 9.34. The van der Waals surface area contributed by atoms with Crippen LogP contribution in [0.2, 0.25) is 0 Å². The van der Waals surface area contributed by atoms with Gasteiger partial charge < -0.3 is 87.2 Å². The van der Waals surface area contributed by atoms with Crippen molar-refractivity contribution in [2.24, 2.45) is 22.6 Å². The number of carboxylic acids is 2. The lowest BCUT2D eigenvalue weighted by Gasteiger charge is -2.39. The first-order valence-corrected chi connectivity index (χ1v) is 26.2. The van der Waals surface area contributed by atoms with Gasteiger partial charge >= 0.3 is 23.7 Å². The van der Waals surface area contributed by atoms with Crippen LogP contribution in [0.25, 0.3) is 0 Å². The SMILES string of the molecule is CCCCCNC[C@H]1O[C@H](OC(C(C(=O)O)N(CCCCC)CCCNC(=O)C(NC(=O)C(NC(=O)NC(C(=O)O)C(C)C)C2CCN=C(N)N2)C(O)C(C)C)[C@H]2O[C@@H](n3ccc(=O)[nH]c3=O)[C@H](O)[C@@H]2O)[C@H](OC)[C@H]1O. The van der Waals surface area contributed by atoms with Crippen LogP contribution in [0.15, 0.2) is 26.8 Å². The molecule has 7 unspecified atom stereocenters. The van der Waals surface area contributed by atoms with Gasteiger partial charge in [0, 0.05) is 45.6 Å². The monoisotopic (exact) mass is 1090 g/mol. The number of aromatic nitrogens is 2. The predicted octanol–water partition coefficient (Wildman–Crippen LogP) is -3.17. The molecule has 28 nitrogen and oxygen atoms in total. The third kappa shape index (κ3) is 17.4. The van der Waals surface area contributed by atoms with Gasteiger partial charge in [0.05, 0.1) is 12.1 Å². The molecule has 76 heavy (non-hydrogen) atoms. The molecule has 1 aromatic rings. The minimum atomic E-state index is -1.90. The molecular weight excluding hydrogens is 1000 g/mol. The van der Waals surface area contributed by atoms with Crippen LogP contribution in [0.4, 0.5) is 4.79 Å². The van der Waals surface area contributed by atoms with Gasteiger partial charge in [-0.1, -0.05) is 67.2 Å². The van der Waals surface area contributed by atoms with Crippen molar-refractivity contribution in [3.05, 3.63) is 33.1 Å². The highest BCUT2D eigenvalue weighted by molar-refractivity contribution is 5.94. The van der Waals surface area contributed by atoms with E-state index >= 15 is 0 Å². The number of aromatic amines is 1. The van der Waals surface area contributed by atoms with Crippen molar-refractivity contribution in [1.82, 2.24) is 46.4 Å². The zero-order valence-corrected chi connectivity index (χ0v) is 44.5. The second kappa shape index (κ2) is 30.6. The smallest absolute Gasteiger partial charge is 0.330 e. The molecule has 0 aromatic carbocycles. The Morgan fingerprint density at radius 2 is 1.55 bits per heavy atom. The number of nitrogens with zero attached hydrogens (tertiary/aromatic N) is 3. The summed E-state index contributed by atoms with van der Waals surface area (Å²) in [5.41, 5.74) is 4.18. The number of urea groups is 1. The number of amides is 4. The molecule has 4 rings (SSSR count). The van der Waals surface area contributed by atoms with E-state index in [0.29, 0.717) is 19.4 Å². The summed E-state index contributed by atoms with van der Waals surface area (Å²) >= 11 is 0. The number of carboxylic acid groups (broad SMARTS) is 2. The van der Waals surface area contributed by atoms with Gasteiger partial charge in [0.1, 0.15) is 66.9 Å². The fourth-order valence-electron chi connectivity index (χ4n) is 9.34. The van der Waals surface area contributed by atoms with Crippen molar-refractivity contribution in [2.45, 2.75) is 184 Å². The molecule has 2 fully saturated rings. The zero-order valence-electron chi connectivity index (χ0n) is 44.5. The topological polar surface area (TPSA) is 412 Å². The quantitative estimate of drug-likeness (QED) is 0.0317. The Morgan fingerprint density at radius 3 is 2.16 bits per heavy atom. The van der Waals surface area contributed by atoms with Gasteiger partial charge in [-0.25, -0.2) is 14.4 Å². The summed E-state index contributed by atoms with van der Waals surface area (Å²) in [7, 11) is 1.30. The molecule has 1 aromatic heterocycles. The van der Waals surface area contributed by atoms with Crippen molar-refractivity contribution < 1.29 is 73.6 Å². The summed E-state index contributed by atoms with van der Waals surface area (Å²) in [4.78, 5) is 99.5. The van der Waals surface area contributed by atoms with Crippen molar-refractivity contribution in [3.8, 4) is 0 Å². The van der Waals surface area contributed by atoms with Gasteiger partial charge in [0.2, 0.25) is 11.8 Å². The minimum Gasteiger partial charge on any atom is -0.480 e. The molecule has 3 aliphatic rings. The van der Waals surface area contributed by atoms with E-state index in [1.54, 1.807) is 27.7 Å². The molecule has 4 amide bonds. The first-order chi connectivity index (χ1) is 36.1. The van der Waals surface area contributed by atoms with E-state index in [1.807, 2.05) is 6.92 Å². The van der Waals surface area contributed by atoms with E-state index in [4.69, 9.17) is 24.7 Å². The van der Waals surface area contributed by atoms with E-state index in [-0.39, 0.29) is 51.5 Å². The number of rotatable bonds is 32. The van der Waals surface area contributed by atoms with E-state index in [9.17, 15) is 64.2 Å². The maximum atomic E-state index is 14.1. The van der Waals surface area contributed by atoms with Crippen LogP contribution in [0.3, 0.4) is 0 Å². The van der Waals surface area contributed by atoms with Crippen LogP contribution in [0, 0.1) is 11.8 Å². The fraction of sp³-hybridized carbons (Fsp3) is 0.792. The summed E-state index contributed by atoms with van der Waals surface area (Å²) in [6.45, 7) is 11.2. The average Bonchev–Trinajstić information content (AvgIpc) is 3.83. The molecule has 3 aliphatic heterocycles. The predicted molar refractivity (Wildman–Crippen MR) is 273 cm³/mol. The first-order valence-electron chi connectivity index (χ1n) is 26.2. The molecule has 2 saturated heterocycles. The number of nitrogens with one attached hydrogen (secondary N) is 7. The third-order valence-electron chi connectivity index (χ3n) is 13.7. The second-order valence-electron chi connectivity index (χ2n) is 20.1. The number of carbonyl (C=O) groups is 5. The molecule has 0 radical (unpaired) electrons. The number of hydrogen-bond donors (Lipinski definition) is 14. The van der Waals surface area contributed by atoms with E-state index in [2.05, 4.69) is 48.8 Å². The van der Waals surface area contributed by atoms with Crippen LogP contribution < -0.4 is 48.9 Å². The van der Waals surface area contributed by atoms with Crippen LogP contribution in [0.5, 0.6) is 0 Å². The van der Waals surface area contributed by atoms with E-state index < -0.39 is 144 Å². The van der Waals surface area contributed by atoms with E-state index in [1.165, 1.54) is 12.0 Å². The normalized spacial score (nSPS) is 26.0. The van der Waals surface area contributed by atoms with Gasteiger partial charge in [0.25, 0.3) is 5.56 Å². The Labute approximate surface area is 441 Å². The van der Waals surface area contributed by atoms with Gasteiger partial charge in [-0.2, -0.15) is 0 Å². The van der Waals surface area contributed by atoms with Crippen LogP contribution in [-0.2, 0) is 38.1 Å². The highest BCUT2D eigenvalue weighted by atomic mass is 16.7. The van der Waals surface area contributed by atoms with Crippen molar-refractivity contribution in [3.63, 3.8) is 0 Å². The van der Waals surface area contributed by atoms with Gasteiger partial charge in [-0.05, 0) is 50.6 Å². The van der Waals surface area contributed by atoms with Crippen LogP contribution in [-0.4, -0.2) is 213 Å². The number of aliphatic imine (C=N–C) groups is 1. The van der Waals surface area contributed by atoms with Crippen molar-refractivity contribution in [2.75, 3.05) is 46.4 Å². The number of aliphatic carboxylic acids is 2. The lowest BCUT2D eigenvalue weighted by atomic mass is 9.96. The number of unbranched alkanes of at least 4 members (excludes halogenated alkanes) is 4. The Hall–Kier alpha value is -5.30. The summed E-state index contributed by atoms with van der Waals surface area (Å²) in [5, 5.41) is 82.8. The zero-order chi connectivity index (χ0) is 56.4. The standard InChI is InChI=1S/C48H83N11O17/c1-8-10-12-17-50-23-27-34(62)39(73-7)45(74-27)76-37(38-35(63)36(64)42(75-38)59-22-16-28(60)54-48(59)72)32(44(69)70)58(20-13-11-9-2)21-14-18-51-40(65)31(33(61)25(5)6)55-41(66)30(26-15-19-52-46(49)53-26)57-47(71)56-29(24(3)4)43(67)68/h16,22,24-27,29-39,42,45,50,61-64H,8-15,17-21,23H2,1-7H3,(H,51,65)(H,55,66)(H,67,68)(H,69,70)(H3,49,52,53)(H,54,60,72)(H2,56,57,71)/t26?,27-,29?,30?,31?,32?,33?,34+,35+,36-,37?,38+,39-,42-,45-/m1/s1. The third-order valence-corrected chi connectivity index (χ3v) is 13.7. The number of ether oxygens (including phenoxy) is 4. The van der Waals surface area contributed by atoms with Crippen molar-refractivity contribution >= 4 is 35.7 Å². The largest absolute Gasteiger partial charge is 0.480 e. The van der Waals surface area contributed by atoms with Gasteiger partial charge in [-0.15, -0.1) is 0 Å². The Bertz CT molecular complexity index is 2180. The summed E-state index contributed by atoms with van der Waals surface area (Å²) in [6, 6.07) is -6.98. The molecule has 4 heterocycles. The lowest BCUT2D eigenvalue weighted by Crippen LogP contribution is -2.66. The highest BCUT2D eigenvalue weighted by Crippen LogP contribution is 2.36. The Morgan fingerprint density at radius 1 is 0.868 bits per heavy atom. The minimum absolute atomic E-state index is 0.0268. The molecule has 15 atom stereocenters. The second-order valence-corrected chi connectivity index (χ2v) is 20.1. The van der Waals surface area contributed by atoms with Crippen molar-refractivity contribution in [1.29, 1.82) is 0 Å². The number of hydrogen-bond acceptors (Lipinski definition) is 20.